The number of rotatable bonds is 6. The van der Waals surface area contributed by atoms with Crippen molar-refractivity contribution in [2.75, 3.05) is 30.0 Å². The Morgan fingerprint density at radius 1 is 0.943 bits per heavy atom. The second kappa shape index (κ2) is 9.93. The summed E-state index contributed by atoms with van der Waals surface area (Å²) in [5.74, 6) is 1.07. The largest absolute Gasteiger partial charge is 0.494 e. The number of benzene rings is 1. The van der Waals surface area contributed by atoms with Gasteiger partial charge in [-0.1, -0.05) is 21.4 Å². The summed E-state index contributed by atoms with van der Waals surface area (Å²) in [6.45, 7) is 1.12. The predicted molar refractivity (Wildman–Crippen MR) is 127 cm³/mol. The summed E-state index contributed by atoms with van der Waals surface area (Å²) in [5, 5.41) is 0. The molecule has 4 rings (SSSR count). The van der Waals surface area contributed by atoms with Crippen LogP contribution in [0.3, 0.4) is 0 Å². The minimum atomic E-state index is -4.43. The van der Waals surface area contributed by atoms with Gasteiger partial charge >= 0.3 is 6.18 Å². The first-order chi connectivity index (χ1) is 16.6. The molecule has 0 radical (unpaired) electrons. The van der Waals surface area contributed by atoms with E-state index in [2.05, 4.69) is 9.97 Å². The third-order valence-corrected chi connectivity index (χ3v) is 6.33. The standard InChI is InChI=1S/C24H24F5N4OP/c1-34-21-8-11-30-15-20(21)33(18-5-2-16(3-6-18)24(28,29)35)19-9-12-32(13-10-19)22-7-4-17(14-31-22)23(25,26)27/h2-8,11,14-15,19H,9-10,12-13,35H2,1H3. The second-order valence-corrected chi connectivity index (χ2v) is 8.93. The van der Waals surface area contributed by atoms with Crippen molar-refractivity contribution in [1.29, 1.82) is 0 Å². The van der Waals surface area contributed by atoms with Crippen molar-refractivity contribution < 1.29 is 26.7 Å². The van der Waals surface area contributed by atoms with Crippen LogP contribution in [0.25, 0.3) is 0 Å². The fraction of sp³-hybridized carbons (Fsp3) is 0.333. The Kier molecular flexibility index (Phi) is 7.12. The molecule has 0 saturated carbocycles. The molecule has 3 heterocycles. The van der Waals surface area contributed by atoms with Crippen LogP contribution in [0, 0.1) is 0 Å². The van der Waals surface area contributed by atoms with Crippen molar-refractivity contribution in [3.05, 3.63) is 72.2 Å². The SMILES string of the molecule is COc1ccncc1N(c1ccc(C(F)(F)P)cc1)C1CCN(c2ccc(C(F)(F)F)cn2)CC1. The minimum Gasteiger partial charge on any atom is -0.494 e. The molecular formula is C24H24F5N4OP. The lowest BCUT2D eigenvalue weighted by molar-refractivity contribution is -0.137. The number of hydrogen-bond donors (Lipinski definition) is 0. The highest BCUT2D eigenvalue weighted by molar-refractivity contribution is 7.17. The first-order valence-corrected chi connectivity index (χ1v) is 11.5. The molecule has 1 unspecified atom stereocenters. The first-order valence-electron chi connectivity index (χ1n) is 10.9. The van der Waals surface area contributed by atoms with Gasteiger partial charge in [-0.15, -0.1) is 0 Å². The summed E-state index contributed by atoms with van der Waals surface area (Å²) in [6, 6.07) is 10.2. The first kappa shape index (κ1) is 25.1. The maximum absolute atomic E-state index is 13.7. The van der Waals surface area contributed by atoms with Crippen LogP contribution in [0.15, 0.2) is 61.1 Å². The molecule has 1 aromatic carbocycles. The van der Waals surface area contributed by atoms with Crippen LogP contribution < -0.4 is 14.5 Å². The molecule has 1 aliphatic rings. The molecule has 3 aromatic rings. The summed E-state index contributed by atoms with van der Waals surface area (Å²) in [4.78, 5) is 12.2. The van der Waals surface area contributed by atoms with Crippen LogP contribution >= 0.6 is 9.24 Å². The molecule has 0 bridgehead atoms. The number of anilines is 3. The van der Waals surface area contributed by atoms with Crippen molar-refractivity contribution in [3.8, 4) is 5.75 Å². The quantitative estimate of drug-likeness (QED) is 0.290. The van der Waals surface area contributed by atoms with E-state index in [4.69, 9.17) is 4.74 Å². The average Bonchev–Trinajstić information content (AvgIpc) is 2.84. The van der Waals surface area contributed by atoms with Gasteiger partial charge in [-0.2, -0.15) is 22.0 Å². The molecule has 0 spiro atoms. The number of methoxy groups -OCH3 is 1. The van der Waals surface area contributed by atoms with Crippen molar-refractivity contribution >= 4 is 26.4 Å². The van der Waals surface area contributed by atoms with Crippen LogP contribution in [0.5, 0.6) is 5.75 Å². The highest BCUT2D eigenvalue weighted by atomic mass is 31.0. The van der Waals surface area contributed by atoms with Gasteiger partial charge in [-0.05, 0) is 37.1 Å². The smallest absolute Gasteiger partial charge is 0.417 e. The molecule has 1 atom stereocenters. The number of pyridine rings is 2. The Morgan fingerprint density at radius 3 is 2.14 bits per heavy atom. The number of aromatic nitrogens is 2. The lowest BCUT2D eigenvalue weighted by Gasteiger charge is -2.40. The molecule has 1 aliphatic heterocycles. The van der Waals surface area contributed by atoms with Gasteiger partial charge in [0.15, 0.2) is 0 Å². The van der Waals surface area contributed by atoms with E-state index in [0.717, 1.165) is 12.3 Å². The fourth-order valence-electron chi connectivity index (χ4n) is 4.21. The molecule has 5 nitrogen and oxygen atoms in total. The zero-order valence-electron chi connectivity index (χ0n) is 18.8. The molecule has 0 amide bonds. The molecule has 1 fully saturated rings. The van der Waals surface area contributed by atoms with Crippen LogP contribution in [-0.4, -0.2) is 36.2 Å². The van der Waals surface area contributed by atoms with E-state index in [1.165, 1.54) is 27.4 Å². The molecule has 0 N–H and O–H groups in total. The van der Waals surface area contributed by atoms with Crippen LogP contribution in [-0.2, 0) is 11.8 Å². The van der Waals surface area contributed by atoms with E-state index < -0.39 is 17.4 Å². The fourth-order valence-corrected chi connectivity index (χ4v) is 4.40. The topological polar surface area (TPSA) is 41.5 Å². The molecule has 2 aromatic heterocycles. The van der Waals surface area contributed by atoms with Crippen LogP contribution in [0.1, 0.15) is 24.0 Å². The van der Waals surface area contributed by atoms with Crippen LogP contribution in [0.2, 0.25) is 0 Å². The monoisotopic (exact) mass is 510 g/mol. The van der Waals surface area contributed by atoms with E-state index in [0.29, 0.717) is 48.9 Å². The van der Waals surface area contributed by atoms with Crippen molar-refractivity contribution in [2.24, 2.45) is 0 Å². The van der Waals surface area contributed by atoms with Gasteiger partial charge in [0.05, 0.1) is 18.9 Å². The summed E-state index contributed by atoms with van der Waals surface area (Å²) >= 11 is 0. The molecular weight excluding hydrogens is 486 g/mol. The Balaban J connectivity index is 1.58. The number of hydrogen-bond acceptors (Lipinski definition) is 5. The Morgan fingerprint density at radius 2 is 1.60 bits per heavy atom. The van der Waals surface area contributed by atoms with Gasteiger partial charge in [0, 0.05) is 48.8 Å². The second-order valence-electron chi connectivity index (χ2n) is 8.21. The number of ether oxygens (including phenoxy) is 1. The van der Waals surface area contributed by atoms with Crippen LogP contribution in [0.4, 0.5) is 39.1 Å². The van der Waals surface area contributed by atoms with Gasteiger partial charge in [-0.3, -0.25) is 4.98 Å². The predicted octanol–water partition coefficient (Wildman–Crippen LogP) is 6.24. The summed E-state index contributed by atoms with van der Waals surface area (Å²) in [6.07, 6.45) is 0.998. The highest BCUT2D eigenvalue weighted by Crippen LogP contribution is 2.40. The summed E-state index contributed by atoms with van der Waals surface area (Å²) in [5.41, 5.74) is -2.53. The molecule has 1 saturated heterocycles. The molecule has 11 heteroatoms. The van der Waals surface area contributed by atoms with E-state index in [1.54, 1.807) is 37.7 Å². The lowest BCUT2D eigenvalue weighted by Crippen LogP contribution is -2.43. The van der Waals surface area contributed by atoms with Crippen molar-refractivity contribution in [2.45, 2.75) is 30.7 Å². The molecule has 35 heavy (non-hydrogen) atoms. The Labute approximate surface area is 202 Å². The van der Waals surface area contributed by atoms with Crippen molar-refractivity contribution in [3.63, 3.8) is 0 Å². The van der Waals surface area contributed by atoms with E-state index >= 15 is 0 Å². The molecule has 186 valence electrons. The minimum absolute atomic E-state index is 0.0267. The van der Waals surface area contributed by atoms with Gasteiger partial charge in [0.2, 0.25) is 0 Å². The average molecular weight is 510 g/mol. The van der Waals surface area contributed by atoms with Gasteiger partial charge in [0.1, 0.15) is 17.3 Å². The van der Waals surface area contributed by atoms with E-state index in [1.807, 2.05) is 9.80 Å². The van der Waals surface area contributed by atoms with Gasteiger partial charge < -0.3 is 14.5 Å². The Bertz CT molecular complexity index is 1130. The zero-order chi connectivity index (χ0) is 25.2. The summed E-state index contributed by atoms with van der Waals surface area (Å²) in [7, 11) is 3.09. The highest BCUT2D eigenvalue weighted by Gasteiger charge is 2.32. The summed E-state index contributed by atoms with van der Waals surface area (Å²) < 4.78 is 71.6. The third kappa shape index (κ3) is 5.64. The lowest BCUT2D eigenvalue weighted by atomic mass is 10.0. The third-order valence-electron chi connectivity index (χ3n) is 6.00. The zero-order valence-corrected chi connectivity index (χ0v) is 20.0. The normalized spacial score (nSPS) is 15.2. The molecule has 0 aliphatic carbocycles. The number of halogens is 5. The van der Waals surface area contributed by atoms with E-state index in [-0.39, 0.29) is 11.6 Å². The number of piperidine rings is 1. The maximum Gasteiger partial charge on any atom is 0.417 e. The number of nitrogens with zero attached hydrogens (tertiary/aromatic N) is 4. The maximum atomic E-state index is 13.7. The Hall–Kier alpha value is -3.00. The van der Waals surface area contributed by atoms with Gasteiger partial charge in [0.25, 0.3) is 5.66 Å². The number of alkyl halides is 5. The van der Waals surface area contributed by atoms with Gasteiger partial charge in [-0.25, -0.2) is 4.98 Å². The van der Waals surface area contributed by atoms with Crippen molar-refractivity contribution in [1.82, 2.24) is 9.97 Å². The van der Waals surface area contributed by atoms with E-state index in [9.17, 15) is 22.0 Å².